The summed E-state index contributed by atoms with van der Waals surface area (Å²) in [5.74, 6) is 1.46. The lowest BCUT2D eigenvalue weighted by Crippen LogP contribution is -2.41. The Balaban J connectivity index is 0.854. The molecule has 0 radical (unpaired) electrons. The maximum Gasteiger partial charge on any atom is 0.0155 e. The van der Waals surface area contributed by atoms with Gasteiger partial charge in [-0.15, -0.1) is 0 Å². The van der Waals surface area contributed by atoms with Gasteiger partial charge in [0.15, 0.2) is 0 Å². The molecule has 0 heterocycles. The Hall–Kier alpha value is -6.24. The highest BCUT2D eigenvalue weighted by Gasteiger charge is 2.41. The van der Waals surface area contributed by atoms with Crippen LogP contribution >= 0.6 is 0 Å². The fraction of sp³-hybridized carbons (Fsp3) is 0.262. The molecule has 0 saturated heterocycles. The summed E-state index contributed by atoms with van der Waals surface area (Å²) in [6.45, 7) is 4.87. The second-order valence-electron chi connectivity index (χ2n) is 20.6. The molecule has 3 aromatic rings. The van der Waals surface area contributed by atoms with Gasteiger partial charge in [-0.25, -0.2) is 0 Å². The molecule has 0 amide bonds. The van der Waals surface area contributed by atoms with E-state index in [0.717, 1.165) is 64.2 Å². The third-order valence-electron chi connectivity index (χ3n) is 16.9. The van der Waals surface area contributed by atoms with Crippen LogP contribution in [-0.2, 0) is 5.41 Å². The van der Waals surface area contributed by atoms with Crippen molar-refractivity contribution in [2.75, 3.05) is 0 Å². The quantitative estimate of drug-likeness (QED) is 0.240. The molecule has 0 aromatic heterocycles. The van der Waals surface area contributed by atoms with Crippen molar-refractivity contribution >= 4 is 27.9 Å². The molecule has 0 spiro atoms. The van der Waals surface area contributed by atoms with Crippen LogP contribution in [0.1, 0.15) is 89.2 Å². The van der Waals surface area contributed by atoms with Gasteiger partial charge in [-0.3, -0.25) is 0 Å². The zero-order valence-corrected chi connectivity index (χ0v) is 38.0. The van der Waals surface area contributed by atoms with Crippen molar-refractivity contribution in [1.29, 1.82) is 0 Å². The van der Waals surface area contributed by atoms with E-state index in [9.17, 15) is 0 Å². The Kier molecular flexibility index (Phi) is 9.30. The minimum Gasteiger partial charge on any atom is -0.0842 e. The molecule has 65 heavy (non-hydrogen) atoms. The Bertz CT molecular complexity index is 3330. The highest BCUT2D eigenvalue weighted by molar-refractivity contribution is 5.88. The maximum atomic E-state index is 2.63. The van der Waals surface area contributed by atoms with Crippen molar-refractivity contribution in [1.82, 2.24) is 0 Å². The van der Waals surface area contributed by atoms with E-state index in [1.807, 2.05) is 0 Å². The van der Waals surface area contributed by atoms with Gasteiger partial charge in [0.1, 0.15) is 0 Å². The van der Waals surface area contributed by atoms with Gasteiger partial charge < -0.3 is 0 Å². The maximum absolute atomic E-state index is 2.63. The minimum absolute atomic E-state index is 0.0225. The van der Waals surface area contributed by atoms with Gasteiger partial charge in [-0.1, -0.05) is 184 Å². The van der Waals surface area contributed by atoms with E-state index < -0.39 is 0 Å². The zero-order chi connectivity index (χ0) is 43.2. The molecule has 0 heteroatoms. The Labute approximate surface area is 385 Å². The lowest BCUT2D eigenvalue weighted by molar-refractivity contribution is 0.646. The van der Waals surface area contributed by atoms with Crippen LogP contribution < -0.4 is 20.9 Å². The number of hydrogen-bond acceptors (Lipinski definition) is 0. The fourth-order valence-corrected chi connectivity index (χ4v) is 13.9. The Morgan fingerprint density at radius 1 is 0.400 bits per heavy atom. The molecule has 0 N–H and O–H groups in total. The molecular formula is C65H58. The predicted octanol–water partition coefficient (Wildman–Crippen LogP) is 12.9. The van der Waals surface area contributed by atoms with E-state index >= 15 is 0 Å². The van der Waals surface area contributed by atoms with E-state index in [0.29, 0.717) is 23.7 Å². The van der Waals surface area contributed by atoms with E-state index in [2.05, 4.69) is 184 Å². The fourth-order valence-electron chi connectivity index (χ4n) is 13.9. The highest BCUT2D eigenvalue weighted by Crippen LogP contribution is 2.53. The van der Waals surface area contributed by atoms with Gasteiger partial charge in [0.25, 0.3) is 0 Å². The van der Waals surface area contributed by atoms with Crippen LogP contribution in [-0.4, -0.2) is 0 Å². The third-order valence-corrected chi connectivity index (χ3v) is 16.9. The first-order chi connectivity index (χ1) is 32.0. The number of allylic oxidation sites excluding steroid dienone is 26. The number of fused-ring (bicyclic) bond motifs is 6. The van der Waals surface area contributed by atoms with Crippen LogP contribution in [0.15, 0.2) is 220 Å². The minimum atomic E-state index is 0.0225. The summed E-state index contributed by atoms with van der Waals surface area (Å²) in [5.41, 5.74) is 24.7. The van der Waals surface area contributed by atoms with Gasteiger partial charge in [-0.2, -0.15) is 0 Å². The van der Waals surface area contributed by atoms with Crippen LogP contribution in [0.4, 0.5) is 0 Å². The van der Waals surface area contributed by atoms with E-state index in [-0.39, 0.29) is 5.41 Å². The van der Waals surface area contributed by atoms with Crippen molar-refractivity contribution in [2.24, 2.45) is 23.7 Å². The molecule has 4 atom stereocenters. The molecule has 10 aliphatic carbocycles. The van der Waals surface area contributed by atoms with Crippen molar-refractivity contribution in [3.05, 3.63) is 252 Å². The van der Waals surface area contributed by atoms with E-state index in [1.54, 1.807) is 61.3 Å². The van der Waals surface area contributed by atoms with E-state index in [1.165, 1.54) is 48.7 Å². The summed E-state index contributed by atoms with van der Waals surface area (Å²) in [6, 6.07) is 27.9. The standard InChI is InChI=1S/C65H58/c1-65(2)59-27-15-14-18-49(59)50-37-36-48(40-60(50)65)64-57-25-12-8-21-53(57)62(54-22-9-13-26-58(54)64)43-30-28-41(29-31-43)44-32-33-46-39-47(35-34-45(46)38-44)63-55-23-10-6-19-51(55)61(42-16-4-3-5-17-42)52-20-7-11-24-56(52)63/h3-4,6-16,18-28,30,38-40,51,53,55,57H,5,17,29,31-37H2,1-2H3. The van der Waals surface area contributed by atoms with Crippen molar-refractivity contribution in [3.63, 3.8) is 0 Å². The number of hydrogen-bond donors (Lipinski definition) is 0. The topological polar surface area (TPSA) is 0 Å². The summed E-state index contributed by atoms with van der Waals surface area (Å²) in [4.78, 5) is 0. The highest BCUT2D eigenvalue weighted by atomic mass is 14.4. The van der Waals surface area contributed by atoms with Gasteiger partial charge in [0.05, 0.1) is 0 Å². The van der Waals surface area contributed by atoms with E-state index in [4.69, 9.17) is 0 Å². The second kappa shape index (κ2) is 15.4. The monoisotopic (exact) mass is 838 g/mol. The Morgan fingerprint density at radius 2 is 0.862 bits per heavy atom. The van der Waals surface area contributed by atoms with Gasteiger partial charge in [-0.05, 0) is 174 Å². The van der Waals surface area contributed by atoms with Crippen LogP contribution in [0.3, 0.4) is 0 Å². The van der Waals surface area contributed by atoms with Crippen molar-refractivity contribution in [2.45, 2.75) is 83.5 Å². The molecule has 0 nitrogen and oxygen atoms in total. The smallest absolute Gasteiger partial charge is 0.0155 e. The van der Waals surface area contributed by atoms with Gasteiger partial charge in [0, 0.05) is 29.1 Å². The van der Waals surface area contributed by atoms with Gasteiger partial charge in [0.2, 0.25) is 0 Å². The molecule has 4 unspecified atom stereocenters. The lowest BCUT2D eigenvalue weighted by Gasteiger charge is -2.37. The molecule has 0 fully saturated rings. The van der Waals surface area contributed by atoms with Crippen molar-refractivity contribution in [3.8, 4) is 0 Å². The van der Waals surface area contributed by atoms with Crippen LogP contribution in [0, 0.1) is 23.7 Å². The summed E-state index contributed by atoms with van der Waals surface area (Å²) in [7, 11) is 0. The van der Waals surface area contributed by atoms with Crippen LogP contribution in [0.2, 0.25) is 0 Å². The molecule has 318 valence electrons. The molecule has 13 rings (SSSR count). The number of benzene rings is 3. The van der Waals surface area contributed by atoms with Gasteiger partial charge >= 0.3 is 0 Å². The van der Waals surface area contributed by atoms with Crippen molar-refractivity contribution < 1.29 is 0 Å². The zero-order valence-electron chi connectivity index (χ0n) is 38.0. The molecule has 3 aromatic carbocycles. The normalized spacial score (nSPS) is 26.7. The first-order valence-corrected chi connectivity index (χ1v) is 24.8. The number of rotatable bonds is 5. The SMILES string of the molecule is CC1(C)C2=C(CCC(C3=c4ccccc4=C(C4=CC=C(C5=CC6=C(C=C(C7=c8ccccc8=C(C8=CC=CCC8)C8C=CC=CC78)CC6)CC5)CC4)C4C=CC=CC34)=C2)c2ccccc21. The Morgan fingerprint density at radius 3 is 1.43 bits per heavy atom. The molecule has 0 aliphatic heterocycles. The average Bonchev–Trinajstić information content (AvgIpc) is 3.59. The molecule has 10 aliphatic rings. The second-order valence-corrected chi connectivity index (χ2v) is 20.6. The summed E-state index contributed by atoms with van der Waals surface area (Å²) >= 11 is 0. The predicted molar refractivity (Wildman–Crippen MR) is 273 cm³/mol. The molecule has 0 bridgehead atoms. The third kappa shape index (κ3) is 6.23. The van der Waals surface area contributed by atoms with Crippen LogP contribution in [0.25, 0.3) is 27.9 Å². The summed E-state index contributed by atoms with van der Waals surface area (Å²) < 4.78 is 0. The average molecular weight is 839 g/mol. The first kappa shape index (κ1) is 39.2. The lowest BCUT2D eigenvalue weighted by atomic mass is 9.67. The molecular weight excluding hydrogens is 781 g/mol. The summed E-state index contributed by atoms with van der Waals surface area (Å²) in [5, 5.41) is 5.80. The first-order valence-electron chi connectivity index (χ1n) is 24.8. The van der Waals surface area contributed by atoms with Crippen LogP contribution in [0.5, 0.6) is 0 Å². The molecule has 0 saturated carbocycles. The largest absolute Gasteiger partial charge is 0.0842 e. The summed E-state index contributed by atoms with van der Waals surface area (Å²) in [6.07, 6.45) is 50.2.